The maximum absolute atomic E-state index is 3.97. The molecule has 0 unspecified atom stereocenters. The number of nitrogens with zero attached hydrogens (tertiary/aromatic N) is 1. The van der Waals surface area contributed by atoms with Gasteiger partial charge in [-0.3, -0.25) is 0 Å². The number of para-hydroxylation sites is 1. The molecule has 1 nitrogen and oxygen atoms in total. The van der Waals surface area contributed by atoms with Gasteiger partial charge in [0.15, 0.2) is 0 Å². The minimum atomic E-state index is -0.0394. The maximum Gasteiger partial charge on any atom is 0.246 e. The van der Waals surface area contributed by atoms with Gasteiger partial charge < -0.3 is 4.90 Å². The summed E-state index contributed by atoms with van der Waals surface area (Å²) in [6, 6.07) is 58.9. The third-order valence-corrected chi connectivity index (χ3v) is 11.3. The fourth-order valence-electron chi connectivity index (χ4n) is 8.47. The molecule has 2 aliphatic rings. The summed E-state index contributed by atoms with van der Waals surface area (Å²) in [5.74, 6) is 0. The van der Waals surface area contributed by atoms with Crippen LogP contribution in [0.4, 0.5) is 17.1 Å². The molecule has 3 heteroatoms. The van der Waals surface area contributed by atoms with Crippen LogP contribution in [0.3, 0.4) is 0 Å². The van der Waals surface area contributed by atoms with Crippen LogP contribution in [-0.2, 0) is 5.41 Å². The average molecular weight is 678 g/mol. The third-order valence-electron chi connectivity index (χ3n) is 11.3. The summed E-state index contributed by atoms with van der Waals surface area (Å²) >= 11 is 0. The second kappa shape index (κ2) is 12.9. The van der Waals surface area contributed by atoms with Crippen LogP contribution in [0.25, 0.3) is 34.4 Å². The molecule has 53 heavy (non-hydrogen) atoms. The van der Waals surface area contributed by atoms with E-state index in [1.54, 1.807) is 0 Å². The Balaban J connectivity index is 1.30. The van der Waals surface area contributed by atoms with Crippen molar-refractivity contribution in [3.8, 4) is 22.3 Å². The van der Waals surface area contributed by atoms with Gasteiger partial charge in [0.05, 0.1) is 0 Å². The monoisotopic (exact) mass is 677 g/mol. The smallest absolute Gasteiger partial charge is 0.246 e. The van der Waals surface area contributed by atoms with Gasteiger partial charge in [-0.15, -0.1) is 0 Å². The van der Waals surface area contributed by atoms with E-state index in [0.717, 1.165) is 11.1 Å². The highest BCUT2D eigenvalue weighted by molar-refractivity contribution is 7.02. The first-order chi connectivity index (χ1) is 25.8. The lowest BCUT2D eigenvalue weighted by molar-refractivity contribution is 0.591. The van der Waals surface area contributed by atoms with Gasteiger partial charge in [-0.1, -0.05) is 203 Å². The molecule has 0 fully saturated rings. The number of fused-ring (bicyclic) bond motifs is 4. The van der Waals surface area contributed by atoms with Crippen LogP contribution in [0.5, 0.6) is 0 Å². The van der Waals surface area contributed by atoms with Gasteiger partial charge in [-0.25, -0.2) is 0 Å². The highest BCUT2D eigenvalue weighted by Gasteiger charge is 2.44. The molecule has 0 spiro atoms. The lowest BCUT2D eigenvalue weighted by atomic mass is 9.30. The summed E-state index contributed by atoms with van der Waals surface area (Å²) in [7, 11) is 0. The normalized spacial score (nSPS) is 12.8. The average Bonchev–Trinajstić information content (AvgIpc) is 3.20. The Bertz CT molecular complexity index is 2510. The topological polar surface area (TPSA) is 3.24 Å². The summed E-state index contributed by atoms with van der Waals surface area (Å²) in [5.41, 5.74) is 20.2. The molecule has 0 amide bonds. The molecule has 0 atom stereocenters. The van der Waals surface area contributed by atoms with Gasteiger partial charge in [0.1, 0.15) is 0 Å². The SMILES string of the molecule is C=Cc1ccc(-c2ccc(B3c4ccccc4N4c5cc(-c6ccc(C=C)cc6)ccc5B(c5ccccc5)c5cc(C(C)(C)C)cc3c54)cc2)cc1. The largest absolute Gasteiger partial charge is 0.313 e. The Morgan fingerprint density at radius 3 is 1.49 bits per heavy atom. The molecule has 2 heterocycles. The van der Waals surface area contributed by atoms with E-state index in [2.05, 4.69) is 197 Å². The van der Waals surface area contributed by atoms with Gasteiger partial charge in [0, 0.05) is 17.1 Å². The van der Waals surface area contributed by atoms with E-state index in [-0.39, 0.29) is 18.8 Å². The van der Waals surface area contributed by atoms with Crippen LogP contribution in [-0.4, -0.2) is 13.4 Å². The van der Waals surface area contributed by atoms with Crippen LogP contribution in [0.2, 0.25) is 0 Å². The Hall–Kier alpha value is -6.05. The first-order valence-electron chi connectivity index (χ1n) is 18.6. The van der Waals surface area contributed by atoms with Gasteiger partial charge in [-0.2, -0.15) is 0 Å². The van der Waals surface area contributed by atoms with Crippen molar-refractivity contribution in [2.75, 3.05) is 4.90 Å². The molecule has 7 aromatic carbocycles. The Morgan fingerprint density at radius 2 is 0.925 bits per heavy atom. The zero-order valence-corrected chi connectivity index (χ0v) is 30.7. The molecule has 2 aliphatic heterocycles. The van der Waals surface area contributed by atoms with Gasteiger partial charge in [0.2, 0.25) is 13.4 Å². The summed E-state index contributed by atoms with van der Waals surface area (Å²) in [6.45, 7) is 15.1. The lowest BCUT2D eigenvalue weighted by Crippen LogP contribution is -2.65. The van der Waals surface area contributed by atoms with Gasteiger partial charge >= 0.3 is 0 Å². The Kier molecular flexibility index (Phi) is 7.97. The predicted molar refractivity (Wildman–Crippen MR) is 233 cm³/mol. The summed E-state index contributed by atoms with van der Waals surface area (Å²) in [6.07, 6.45) is 3.80. The van der Waals surface area contributed by atoms with E-state index < -0.39 is 0 Å². The molecule has 0 saturated heterocycles. The van der Waals surface area contributed by atoms with Crippen molar-refractivity contribution in [1.82, 2.24) is 0 Å². The first-order valence-corrected chi connectivity index (χ1v) is 18.6. The molecule has 252 valence electrons. The summed E-state index contributed by atoms with van der Waals surface area (Å²) in [5, 5.41) is 0. The number of anilines is 3. The third kappa shape index (κ3) is 5.60. The fourth-order valence-corrected chi connectivity index (χ4v) is 8.47. The molecule has 0 N–H and O–H groups in total. The quantitative estimate of drug-likeness (QED) is 0.159. The second-order valence-corrected chi connectivity index (χ2v) is 15.5. The minimum absolute atomic E-state index is 0.0394. The summed E-state index contributed by atoms with van der Waals surface area (Å²) < 4.78 is 0. The molecule has 0 radical (unpaired) electrons. The molecule has 9 rings (SSSR count). The van der Waals surface area contributed by atoms with E-state index in [4.69, 9.17) is 0 Å². The highest BCUT2D eigenvalue weighted by Crippen LogP contribution is 2.40. The molecule has 0 aromatic heterocycles. The number of hydrogen-bond donors (Lipinski definition) is 0. The van der Waals surface area contributed by atoms with Crippen molar-refractivity contribution in [3.05, 3.63) is 188 Å². The fraction of sp³-hybridized carbons (Fsp3) is 0.0800. The highest BCUT2D eigenvalue weighted by atomic mass is 15.2. The molecule has 0 saturated carbocycles. The maximum atomic E-state index is 3.97. The molecule has 0 aliphatic carbocycles. The number of benzene rings is 7. The Labute approximate surface area is 315 Å². The van der Waals surface area contributed by atoms with E-state index in [0.29, 0.717) is 0 Å². The van der Waals surface area contributed by atoms with E-state index >= 15 is 0 Å². The molecular weight excluding hydrogens is 636 g/mol. The van der Waals surface area contributed by atoms with E-state index in [9.17, 15) is 0 Å². The molecular formula is C50H41B2N. The van der Waals surface area contributed by atoms with Crippen LogP contribution < -0.4 is 37.7 Å². The minimum Gasteiger partial charge on any atom is -0.313 e. The van der Waals surface area contributed by atoms with Crippen molar-refractivity contribution in [2.24, 2.45) is 0 Å². The zero-order chi connectivity index (χ0) is 36.3. The van der Waals surface area contributed by atoms with Gasteiger partial charge in [0.25, 0.3) is 0 Å². The van der Waals surface area contributed by atoms with Crippen molar-refractivity contribution in [3.63, 3.8) is 0 Å². The summed E-state index contributed by atoms with van der Waals surface area (Å²) in [4.78, 5) is 2.58. The lowest BCUT2D eigenvalue weighted by Gasteiger charge is -2.45. The van der Waals surface area contributed by atoms with Gasteiger partial charge in [-0.05, 0) is 78.3 Å². The zero-order valence-electron chi connectivity index (χ0n) is 30.7. The second-order valence-electron chi connectivity index (χ2n) is 15.5. The first kappa shape index (κ1) is 32.8. The molecule has 0 bridgehead atoms. The Morgan fingerprint density at radius 1 is 0.453 bits per heavy atom. The number of rotatable bonds is 6. The van der Waals surface area contributed by atoms with Crippen LogP contribution in [0.1, 0.15) is 37.5 Å². The predicted octanol–water partition coefficient (Wildman–Crippen LogP) is 8.73. The van der Waals surface area contributed by atoms with Crippen molar-refractivity contribution in [2.45, 2.75) is 26.2 Å². The van der Waals surface area contributed by atoms with Crippen molar-refractivity contribution < 1.29 is 0 Å². The van der Waals surface area contributed by atoms with E-state index in [1.807, 2.05) is 12.2 Å². The van der Waals surface area contributed by atoms with E-state index in [1.165, 1.54) is 77.7 Å². The molecule has 7 aromatic rings. The van der Waals surface area contributed by atoms with Crippen molar-refractivity contribution in [1.29, 1.82) is 0 Å². The van der Waals surface area contributed by atoms with Crippen molar-refractivity contribution >= 4 is 75.4 Å². The van der Waals surface area contributed by atoms with Crippen LogP contribution in [0, 0.1) is 0 Å². The standard InChI is InChI=1S/C50H41B2N/c1-6-34-17-21-36(22-18-34)37-25-28-42(29-26-37)52-43-15-11-12-16-47(43)53-48-31-39(38-23-19-35(7-2)20-24-38)27-30-44(48)51(41-13-9-8-10-14-41)45-32-40(50(3,4)5)33-46(52)49(45)53/h6-33H,1-2H2,3-5H3. The van der Waals surface area contributed by atoms with Crippen LogP contribution >= 0.6 is 0 Å². The number of hydrogen-bond acceptors (Lipinski definition) is 1. The van der Waals surface area contributed by atoms with Crippen LogP contribution in [0.15, 0.2) is 171 Å².